The third-order valence-corrected chi connectivity index (χ3v) is 10.3. The molecule has 0 aliphatic rings. The Bertz CT molecular complexity index is 1590. The van der Waals surface area contributed by atoms with Gasteiger partial charge in [0.2, 0.25) is 0 Å². The Morgan fingerprint density at radius 3 is 0.985 bits per heavy atom. The van der Waals surface area contributed by atoms with Gasteiger partial charge in [-0.2, -0.15) is 0 Å². The lowest BCUT2D eigenvalue weighted by Crippen LogP contribution is -2.30. The van der Waals surface area contributed by atoms with Gasteiger partial charge in [-0.3, -0.25) is 14.4 Å². The molecule has 0 spiro atoms. The van der Waals surface area contributed by atoms with Crippen LogP contribution in [0.4, 0.5) is 0 Å². The summed E-state index contributed by atoms with van der Waals surface area (Å²) in [4.78, 5) is 38.0. The number of unbranched alkanes of at least 4 members (excludes halogenated alkanes) is 8. The molecular formula is C62H94O6. The average Bonchev–Trinajstić information content (AvgIpc) is 3.34. The van der Waals surface area contributed by atoms with Crippen molar-refractivity contribution >= 4 is 17.9 Å². The molecular weight excluding hydrogens is 841 g/mol. The largest absolute Gasteiger partial charge is 0.462 e. The van der Waals surface area contributed by atoms with Crippen molar-refractivity contribution in [3.8, 4) is 0 Å². The van der Waals surface area contributed by atoms with Gasteiger partial charge in [-0.25, -0.2) is 0 Å². The van der Waals surface area contributed by atoms with Crippen molar-refractivity contribution in [1.82, 2.24) is 0 Å². The fourth-order valence-corrected chi connectivity index (χ4v) is 6.36. The molecule has 0 saturated heterocycles. The molecule has 0 aliphatic carbocycles. The van der Waals surface area contributed by atoms with Crippen molar-refractivity contribution in [2.45, 2.75) is 200 Å². The summed E-state index contributed by atoms with van der Waals surface area (Å²) >= 11 is 0. The molecule has 0 saturated carbocycles. The highest BCUT2D eigenvalue weighted by atomic mass is 16.6. The second-order valence-electron chi connectivity index (χ2n) is 16.7. The van der Waals surface area contributed by atoms with Crippen molar-refractivity contribution in [3.63, 3.8) is 0 Å². The molecule has 0 aliphatic heterocycles. The standard InChI is InChI=1S/C62H94O6/c1-4-7-10-13-16-19-22-25-28-31-34-37-40-43-46-49-52-55-61(64)67-58-59(57-66-60(63)54-51-48-45-42-39-36-33-30-27-24-21-18-15-12-9-6-3)68-62(65)56-53-50-47-44-41-38-35-32-29-26-23-20-17-14-11-8-5-2/h7,9-10,12,16,18-19,21,25-30,34-39,43-48,59H,4-6,8,11,13-15,17,20,22-24,31-33,40-42,49-58H2,1-3H3/b10-7-,12-9-,19-16-,21-18-,28-25-,29-26-,30-27-,37-34-,38-35-,39-36-,46-43-,47-44-,48-45-. The minimum atomic E-state index is -0.865. The number of carbonyl (C=O) groups is 3. The average molecular weight is 935 g/mol. The molecule has 0 heterocycles. The van der Waals surface area contributed by atoms with E-state index in [1.807, 2.05) is 12.2 Å². The molecule has 0 bridgehead atoms. The molecule has 0 aromatic heterocycles. The molecule has 1 atom stereocenters. The van der Waals surface area contributed by atoms with E-state index >= 15 is 0 Å². The monoisotopic (exact) mass is 935 g/mol. The van der Waals surface area contributed by atoms with Crippen LogP contribution in [-0.4, -0.2) is 37.2 Å². The van der Waals surface area contributed by atoms with Crippen LogP contribution in [-0.2, 0) is 28.6 Å². The minimum absolute atomic E-state index is 0.158. The molecule has 378 valence electrons. The number of hydrogen-bond acceptors (Lipinski definition) is 6. The van der Waals surface area contributed by atoms with E-state index in [1.165, 1.54) is 44.9 Å². The lowest BCUT2D eigenvalue weighted by atomic mass is 10.1. The van der Waals surface area contributed by atoms with Gasteiger partial charge in [0.25, 0.3) is 0 Å². The smallest absolute Gasteiger partial charge is 0.306 e. The highest BCUT2D eigenvalue weighted by Gasteiger charge is 2.19. The van der Waals surface area contributed by atoms with Crippen LogP contribution in [0.2, 0.25) is 0 Å². The molecule has 0 aromatic carbocycles. The number of ether oxygens (including phenoxy) is 3. The van der Waals surface area contributed by atoms with Gasteiger partial charge in [0.1, 0.15) is 13.2 Å². The Morgan fingerprint density at radius 2 is 0.603 bits per heavy atom. The second-order valence-corrected chi connectivity index (χ2v) is 16.7. The molecule has 0 amide bonds. The van der Waals surface area contributed by atoms with E-state index in [-0.39, 0.29) is 38.4 Å². The Kier molecular flexibility index (Phi) is 50.6. The van der Waals surface area contributed by atoms with Crippen molar-refractivity contribution in [3.05, 3.63) is 158 Å². The third kappa shape index (κ3) is 52.0. The first-order chi connectivity index (χ1) is 33.5. The molecule has 68 heavy (non-hydrogen) atoms. The van der Waals surface area contributed by atoms with Crippen LogP contribution < -0.4 is 0 Å². The van der Waals surface area contributed by atoms with E-state index in [2.05, 4.69) is 167 Å². The van der Waals surface area contributed by atoms with Crippen molar-refractivity contribution < 1.29 is 28.6 Å². The Balaban J connectivity index is 4.70. The summed E-state index contributed by atoms with van der Waals surface area (Å²) in [6, 6.07) is 0. The minimum Gasteiger partial charge on any atom is -0.462 e. The van der Waals surface area contributed by atoms with E-state index in [0.717, 1.165) is 89.9 Å². The van der Waals surface area contributed by atoms with Gasteiger partial charge in [0.05, 0.1) is 0 Å². The van der Waals surface area contributed by atoms with Crippen molar-refractivity contribution in [1.29, 1.82) is 0 Å². The number of allylic oxidation sites excluding steroid dienone is 26. The topological polar surface area (TPSA) is 78.9 Å². The fraction of sp³-hybridized carbons (Fsp3) is 0.532. The van der Waals surface area contributed by atoms with Gasteiger partial charge in [-0.15, -0.1) is 0 Å². The molecule has 0 radical (unpaired) electrons. The first-order valence-electron chi connectivity index (χ1n) is 26.5. The summed E-state index contributed by atoms with van der Waals surface area (Å²) in [6.07, 6.45) is 79.7. The Hall–Kier alpha value is -4.97. The van der Waals surface area contributed by atoms with Gasteiger partial charge in [-0.1, -0.05) is 211 Å². The summed E-state index contributed by atoms with van der Waals surface area (Å²) in [5, 5.41) is 0. The molecule has 0 fully saturated rings. The zero-order valence-electron chi connectivity index (χ0n) is 43.0. The second kappa shape index (κ2) is 54.6. The highest BCUT2D eigenvalue weighted by molar-refractivity contribution is 5.71. The van der Waals surface area contributed by atoms with E-state index in [9.17, 15) is 14.4 Å². The Labute approximate surface area is 416 Å². The van der Waals surface area contributed by atoms with Gasteiger partial charge < -0.3 is 14.2 Å². The number of esters is 3. The molecule has 0 rings (SSSR count). The van der Waals surface area contributed by atoms with Crippen LogP contribution in [0.25, 0.3) is 0 Å². The number of rotatable bonds is 45. The molecule has 0 aromatic rings. The number of hydrogen-bond donors (Lipinski definition) is 0. The molecule has 1 unspecified atom stereocenters. The summed E-state index contributed by atoms with van der Waals surface area (Å²) in [7, 11) is 0. The first kappa shape index (κ1) is 63.0. The van der Waals surface area contributed by atoms with Crippen LogP contribution in [0.5, 0.6) is 0 Å². The summed E-state index contributed by atoms with van der Waals surface area (Å²) in [5.74, 6) is -1.16. The van der Waals surface area contributed by atoms with Crippen LogP contribution >= 0.6 is 0 Å². The van der Waals surface area contributed by atoms with Crippen LogP contribution in [0.15, 0.2) is 158 Å². The van der Waals surface area contributed by atoms with Crippen molar-refractivity contribution in [2.75, 3.05) is 13.2 Å². The maximum Gasteiger partial charge on any atom is 0.306 e. The van der Waals surface area contributed by atoms with Crippen LogP contribution in [0, 0.1) is 0 Å². The van der Waals surface area contributed by atoms with Gasteiger partial charge in [-0.05, 0) is 122 Å². The maximum atomic E-state index is 12.8. The van der Waals surface area contributed by atoms with E-state index in [4.69, 9.17) is 14.2 Å². The van der Waals surface area contributed by atoms with Crippen LogP contribution in [0.1, 0.15) is 194 Å². The summed E-state index contributed by atoms with van der Waals surface area (Å²) in [6.45, 7) is 6.22. The molecule has 6 heteroatoms. The zero-order chi connectivity index (χ0) is 49.3. The predicted octanol–water partition coefficient (Wildman–Crippen LogP) is 17.8. The SMILES string of the molecule is CC/C=C\C/C=C\C/C=C\C/C=C\C/C=C\CCCC(=O)OCC(COC(=O)CC/C=C\C/C=C\C/C=C\C/C=C\C/C=C\CC)OC(=O)CCC/C=C\C/C=C\C/C=C\CCCCCCCC. The normalized spacial score (nSPS) is 13.4. The predicted molar refractivity (Wildman–Crippen MR) is 292 cm³/mol. The first-order valence-corrected chi connectivity index (χ1v) is 26.5. The quantitative estimate of drug-likeness (QED) is 0.0262. The lowest BCUT2D eigenvalue weighted by molar-refractivity contribution is -0.166. The van der Waals surface area contributed by atoms with E-state index in [1.54, 1.807) is 0 Å². The number of carbonyl (C=O) groups excluding carboxylic acids is 3. The van der Waals surface area contributed by atoms with Gasteiger partial charge in [0.15, 0.2) is 6.10 Å². The zero-order valence-corrected chi connectivity index (χ0v) is 43.0. The van der Waals surface area contributed by atoms with E-state index < -0.39 is 18.0 Å². The third-order valence-electron chi connectivity index (χ3n) is 10.3. The van der Waals surface area contributed by atoms with Crippen LogP contribution in [0.3, 0.4) is 0 Å². The summed E-state index contributed by atoms with van der Waals surface area (Å²) in [5.41, 5.74) is 0. The maximum absolute atomic E-state index is 12.8. The van der Waals surface area contributed by atoms with Crippen molar-refractivity contribution in [2.24, 2.45) is 0 Å². The lowest BCUT2D eigenvalue weighted by Gasteiger charge is -2.18. The summed E-state index contributed by atoms with van der Waals surface area (Å²) < 4.78 is 16.6. The highest BCUT2D eigenvalue weighted by Crippen LogP contribution is 2.10. The fourth-order valence-electron chi connectivity index (χ4n) is 6.36. The van der Waals surface area contributed by atoms with Gasteiger partial charge in [0, 0.05) is 19.3 Å². The van der Waals surface area contributed by atoms with Gasteiger partial charge >= 0.3 is 17.9 Å². The molecule has 6 nitrogen and oxygen atoms in total. The van der Waals surface area contributed by atoms with E-state index in [0.29, 0.717) is 19.3 Å². The Morgan fingerprint density at radius 1 is 0.309 bits per heavy atom. The molecule has 0 N–H and O–H groups in total.